The van der Waals surface area contributed by atoms with Crippen LogP contribution >= 0.6 is 0 Å². The Labute approximate surface area is 166 Å². The summed E-state index contributed by atoms with van der Waals surface area (Å²) >= 11 is 0. The Morgan fingerprint density at radius 3 is 0.400 bits per heavy atom. The zero-order valence-electron chi connectivity index (χ0n) is 8.04. The van der Waals surface area contributed by atoms with Gasteiger partial charge >= 0.3 is 98.0 Å². The first kappa shape index (κ1) is 80.7. The van der Waals surface area contributed by atoms with Crippen molar-refractivity contribution in [1.82, 2.24) is 0 Å². The van der Waals surface area contributed by atoms with E-state index in [1.165, 1.54) is 0 Å². The van der Waals surface area contributed by atoms with Crippen molar-refractivity contribution in [1.29, 1.82) is 31.6 Å². The van der Waals surface area contributed by atoms with Crippen molar-refractivity contribution in [3.8, 4) is 0 Å². The molecule has 0 aliphatic rings. The molecule has 0 aromatic rings. The van der Waals surface area contributed by atoms with Crippen molar-refractivity contribution >= 4 is 0 Å². The third kappa shape index (κ3) is 225000. The first-order chi connectivity index (χ1) is 6.00. The Morgan fingerprint density at radius 2 is 0.400 bits per heavy atom. The van der Waals surface area contributed by atoms with Gasteiger partial charge in [-0.25, -0.2) is 0 Å². The monoisotopic (exact) mass is 274 g/mol. The summed E-state index contributed by atoms with van der Waals surface area (Å²) in [6, 6.07) is 0. The third-order valence-corrected chi connectivity index (χ3v) is 0. The van der Waals surface area contributed by atoms with E-state index in [4.69, 9.17) is 71.0 Å². The van der Waals surface area contributed by atoms with Gasteiger partial charge in [-0.2, -0.15) is 0 Å². The summed E-state index contributed by atoms with van der Waals surface area (Å²) in [6.07, 6.45) is 0. The van der Waals surface area contributed by atoms with E-state index >= 15 is 0 Å². The van der Waals surface area contributed by atoms with Crippen molar-refractivity contribution in [2.24, 2.45) is 0 Å². The van der Waals surface area contributed by atoms with E-state index in [9.17, 15) is 0 Å². The van der Waals surface area contributed by atoms with Gasteiger partial charge in [0, 0.05) is 0 Å². The predicted octanol–water partition coefficient (Wildman–Crippen LogP) is -5.42. The van der Waals surface area contributed by atoms with E-state index in [2.05, 4.69) is 0 Å². The second kappa shape index (κ2) is 263000. The van der Waals surface area contributed by atoms with Crippen LogP contribution in [0, 0.1) is 71.0 Å². The van der Waals surface area contributed by atoms with Crippen LogP contribution in [-0.2, 0) is 17.1 Å². The topological polar surface area (TPSA) is 143 Å². The molecule has 0 aromatic carbocycles. The second-order valence-corrected chi connectivity index (χ2v) is 0. The van der Waals surface area contributed by atoms with E-state index < -0.39 is 0 Å². The molecule has 0 rings (SSSR count). The molecule has 0 fully saturated rings. The standard InChI is InChI=1S/6CN.Fe.K.Na/c6*1-2;;;/q6*-1;+4;2*+1. The Hall–Kier alpha value is 0.0958. The molecule has 0 aliphatic heterocycles. The molecule has 9 heteroatoms. The SMILES string of the molecule is [C-]#N.[C-]#N.[C-]#N.[C-]#N.[C-]#N.[C-]#N.[Fe+4].[K+].[Na+]. The van der Waals surface area contributed by atoms with Crippen LogP contribution in [0.1, 0.15) is 0 Å². The molecule has 15 heavy (non-hydrogen) atoms. The van der Waals surface area contributed by atoms with Crippen LogP contribution in [0.15, 0.2) is 0 Å². The fourth-order valence-corrected chi connectivity index (χ4v) is 0. The maximum Gasteiger partial charge on any atom is 4.00 e. The van der Waals surface area contributed by atoms with Crippen molar-refractivity contribution in [2.45, 2.75) is 0 Å². The molecular weight excluding hydrogens is 274 g/mol. The minimum atomic E-state index is 0. The Balaban J connectivity index is -0.00000000396. The first-order valence-corrected chi connectivity index (χ1v) is 1.34. The van der Waals surface area contributed by atoms with E-state index in [1.807, 2.05) is 0 Å². The van der Waals surface area contributed by atoms with Gasteiger partial charge in [-0.05, 0) is 0 Å². The van der Waals surface area contributed by atoms with Crippen LogP contribution in [-0.4, -0.2) is 0 Å². The van der Waals surface area contributed by atoms with Crippen molar-refractivity contribution in [2.75, 3.05) is 0 Å². The molecule has 6 nitrogen and oxygen atoms in total. The second-order valence-electron chi connectivity index (χ2n) is 0. The quantitative estimate of drug-likeness (QED) is 0.318. The van der Waals surface area contributed by atoms with Crippen LogP contribution in [0.5, 0.6) is 0 Å². The van der Waals surface area contributed by atoms with Crippen LogP contribution in [0.25, 0.3) is 0 Å². The van der Waals surface area contributed by atoms with E-state index in [1.54, 1.807) is 0 Å². The summed E-state index contributed by atoms with van der Waals surface area (Å²) in [5.74, 6) is 0. The normalized spacial score (nSPS) is 0.800. The zero-order valence-corrected chi connectivity index (χ0v) is 14.3. The van der Waals surface area contributed by atoms with Gasteiger partial charge in [-0.1, -0.05) is 0 Å². The largest absolute Gasteiger partial charge is 4.00 e. The van der Waals surface area contributed by atoms with Gasteiger partial charge < -0.3 is 71.0 Å². The van der Waals surface area contributed by atoms with E-state index in [-0.39, 0.29) is 98.0 Å². The fourth-order valence-electron chi connectivity index (χ4n) is 0. The van der Waals surface area contributed by atoms with Gasteiger partial charge in [0.1, 0.15) is 0 Å². The number of rotatable bonds is 0. The molecule has 64 valence electrons. The molecule has 0 bridgehead atoms. The van der Waals surface area contributed by atoms with Gasteiger partial charge in [-0.3, -0.25) is 0 Å². The molecule has 0 aliphatic carbocycles. The smallest absolute Gasteiger partial charge is 0.512 e. The van der Waals surface area contributed by atoms with Crippen LogP contribution in [0.4, 0.5) is 0 Å². The molecule has 0 radical (unpaired) electrons. The molecule has 0 aromatic heterocycles. The predicted molar refractivity (Wildman–Crippen MR) is 29.8 cm³/mol. The molecule has 0 saturated carbocycles. The molecule has 0 heterocycles. The molecule has 0 atom stereocenters. The fraction of sp³-hybridized carbons (Fsp3) is 0. The van der Waals surface area contributed by atoms with Crippen LogP contribution in [0.3, 0.4) is 0 Å². The van der Waals surface area contributed by atoms with Crippen molar-refractivity contribution < 1.29 is 98.0 Å². The molecule has 0 spiro atoms. The molecule has 0 saturated heterocycles. The van der Waals surface area contributed by atoms with Crippen molar-refractivity contribution in [3.63, 3.8) is 0 Å². The minimum Gasteiger partial charge on any atom is -0.512 e. The summed E-state index contributed by atoms with van der Waals surface area (Å²) in [4.78, 5) is 0. The van der Waals surface area contributed by atoms with Gasteiger partial charge in [-0.15, -0.1) is 0 Å². The molecule has 0 amide bonds. The van der Waals surface area contributed by atoms with Gasteiger partial charge in [0.2, 0.25) is 0 Å². The average Bonchev–Trinajstić information content (AvgIpc) is 2.33. The summed E-state index contributed by atoms with van der Waals surface area (Å²) in [5, 5.41) is 37.5. The van der Waals surface area contributed by atoms with Crippen LogP contribution in [0.2, 0.25) is 0 Å². The van der Waals surface area contributed by atoms with E-state index in [0.29, 0.717) is 0 Å². The van der Waals surface area contributed by atoms with E-state index in [0.717, 1.165) is 0 Å². The molecule has 0 unspecified atom stereocenters. The number of hydrogen-bond donors (Lipinski definition) is 0. The van der Waals surface area contributed by atoms with Crippen molar-refractivity contribution in [3.05, 3.63) is 39.4 Å². The minimum absolute atomic E-state index is 0. The Kier molecular flexibility index (Phi) is 1420000. The number of nitrogens with zero attached hydrogens (tertiary/aromatic N) is 6. The third-order valence-electron chi connectivity index (χ3n) is 0. The zero-order chi connectivity index (χ0) is 12.0. The maximum absolute atomic E-state index is 6.25. The van der Waals surface area contributed by atoms with Gasteiger partial charge in [0.15, 0.2) is 0 Å². The summed E-state index contributed by atoms with van der Waals surface area (Å²) in [6.45, 7) is 28.5. The summed E-state index contributed by atoms with van der Waals surface area (Å²) < 4.78 is 0. The van der Waals surface area contributed by atoms with Crippen LogP contribution < -0.4 is 80.9 Å². The van der Waals surface area contributed by atoms with Gasteiger partial charge in [0.25, 0.3) is 0 Å². The molecule has 0 N–H and O–H groups in total. The Bertz CT molecular complexity index is 103. The summed E-state index contributed by atoms with van der Waals surface area (Å²) in [7, 11) is 0. The average molecular weight is 274 g/mol. The Morgan fingerprint density at radius 1 is 0.400 bits per heavy atom. The number of hydrogen-bond acceptors (Lipinski definition) is 6. The first-order valence-electron chi connectivity index (χ1n) is 1.34. The maximum atomic E-state index is 6.25. The summed E-state index contributed by atoms with van der Waals surface area (Å²) in [5.41, 5.74) is 0. The molecular formula is C6FeKN6Na. The van der Waals surface area contributed by atoms with Gasteiger partial charge in [0.05, 0.1) is 0 Å².